The molecule has 0 aliphatic carbocycles. The number of carbonyl (C=O) groups excluding carboxylic acids is 1. The lowest BCUT2D eigenvalue weighted by Crippen LogP contribution is -2.48. The fraction of sp³-hybridized carbons (Fsp3) is 0.533. The van der Waals surface area contributed by atoms with Crippen molar-refractivity contribution in [2.45, 2.75) is 6.42 Å². The van der Waals surface area contributed by atoms with Crippen molar-refractivity contribution in [1.82, 2.24) is 15.1 Å². The van der Waals surface area contributed by atoms with E-state index in [9.17, 15) is 4.79 Å². The molecular formula is C15H22ClN3O. The lowest BCUT2D eigenvalue weighted by atomic mass is 10.1. The number of carbonyl (C=O) groups is 1. The van der Waals surface area contributed by atoms with Gasteiger partial charge in [-0.05, 0) is 31.2 Å². The minimum atomic E-state index is 0.108. The van der Waals surface area contributed by atoms with E-state index in [0.717, 1.165) is 43.2 Å². The van der Waals surface area contributed by atoms with Crippen LogP contribution in [0.2, 0.25) is 5.02 Å². The number of nitrogens with zero attached hydrogens (tertiary/aromatic N) is 2. The van der Waals surface area contributed by atoms with Crippen molar-refractivity contribution >= 4 is 17.5 Å². The van der Waals surface area contributed by atoms with E-state index in [0.29, 0.717) is 13.1 Å². The average Bonchev–Trinajstić information content (AvgIpc) is 2.41. The highest BCUT2D eigenvalue weighted by atomic mass is 35.5. The highest BCUT2D eigenvalue weighted by Gasteiger charge is 2.15. The van der Waals surface area contributed by atoms with Crippen LogP contribution in [-0.2, 0) is 11.2 Å². The molecule has 1 N–H and O–H groups in total. The summed E-state index contributed by atoms with van der Waals surface area (Å²) >= 11 is 5.93. The van der Waals surface area contributed by atoms with Gasteiger partial charge in [0, 0.05) is 37.7 Å². The van der Waals surface area contributed by atoms with Gasteiger partial charge in [-0.2, -0.15) is 0 Å². The molecule has 4 nitrogen and oxygen atoms in total. The summed E-state index contributed by atoms with van der Waals surface area (Å²) in [6.07, 6.45) is 0.815. The summed E-state index contributed by atoms with van der Waals surface area (Å²) < 4.78 is 0. The molecule has 0 atom stereocenters. The Balaban J connectivity index is 1.65. The Bertz CT molecular complexity index is 444. The van der Waals surface area contributed by atoms with E-state index in [1.807, 2.05) is 24.3 Å². The van der Waals surface area contributed by atoms with Crippen molar-refractivity contribution in [3.05, 3.63) is 34.9 Å². The van der Waals surface area contributed by atoms with Crippen molar-refractivity contribution in [3.63, 3.8) is 0 Å². The van der Waals surface area contributed by atoms with E-state index in [-0.39, 0.29) is 5.91 Å². The zero-order valence-corrected chi connectivity index (χ0v) is 12.7. The first kappa shape index (κ1) is 15.3. The molecule has 0 bridgehead atoms. The summed E-state index contributed by atoms with van der Waals surface area (Å²) in [6.45, 7) is 5.18. The second-order valence-electron chi connectivity index (χ2n) is 5.31. The summed E-state index contributed by atoms with van der Waals surface area (Å²) in [6, 6.07) is 7.76. The second-order valence-corrected chi connectivity index (χ2v) is 5.75. The Kier molecular flexibility index (Phi) is 5.83. The van der Waals surface area contributed by atoms with Gasteiger partial charge in [0.2, 0.25) is 5.91 Å². The maximum absolute atomic E-state index is 11.9. The number of nitrogens with one attached hydrogen (secondary N) is 1. The topological polar surface area (TPSA) is 35.6 Å². The molecule has 0 unspecified atom stereocenters. The number of hydrogen-bond acceptors (Lipinski definition) is 3. The monoisotopic (exact) mass is 295 g/mol. The number of likely N-dealkylation sites (N-methyl/N-ethyl adjacent to an activating group) is 1. The van der Waals surface area contributed by atoms with Crippen LogP contribution in [0.3, 0.4) is 0 Å². The normalized spacial score (nSPS) is 17.1. The first-order valence-corrected chi connectivity index (χ1v) is 7.43. The van der Waals surface area contributed by atoms with Crippen LogP contribution in [0.5, 0.6) is 0 Å². The molecule has 2 rings (SSSR count). The van der Waals surface area contributed by atoms with Crippen molar-refractivity contribution in [2.24, 2.45) is 0 Å². The van der Waals surface area contributed by atoms with E-state index in [2.05, 4.69) is 22.2 Å². The van der Waals surface area contributed by atoms with Gasteiger partial charge in [-0.3, -0.25) is 9.69 Å². The summed E-state index contributed by atoms with van der Waals surface area (Å²) in [7, 11) is 2.11. The molecular weight excluding hydrogens is 274 g/mol. The Labute approximate surface area is 125 Å². The Morgan fingerprint density at radius 1 is 1.30 bits per heavy atom. The largest absolute Gasteiger partial charge is 0.355 e. The van der Waals surface area contributed by atoms with Gasteiger partial charge in [-0.25, -0.2) is 0 Å². The zero-order chi connectivity index (χ0) is 14.4. The van der Waals surface area contributed by atoms with Crippen LogP contribution in [0, 0.1) is 0 Å². The van der Waals surface area contributed by atoms with Gasteiger partial charge < -0.3 is 10.2 Å². The van der Waals surface area contributed by atoms with E-state index < -0.39 is 0 Å². The predicted molar refractivity (Wildman–Crippen MR) is 82.1 cm³/mol. The third-order valence-electron chi connectivity index (χ3n) is 3.59. The van der Waals surface area contributed by atoms with E-state index >= 15 is 0 Å². The third kappa shape index (κ3) is 5.12. The molecule has 1 aliphatic rings. The fourth-order valence-electron chi connectivity index (χ4n) is 2.30. The number of benzene rings is 1. The van der Waals surface area contributed by atoms with Crippen LogP contribution in [0.15, 0.2) is 24.3 Å². The van der Waals surface area contributed by atoms with Gasteiger partial charge in [-0.1, -0.05) is 23.7 Å². The quantitative estimate of drug-likeness (QED) is 0.888. The fourth-order valence-corrected chi connectivity index (χ4v) is 2.52. The molecule has 0 saturated carbocycles. The summed E-state index contributed by atoms with van der Waals surface area (Å²) in [5.74, 6) is 0.108. The summed E-state index contributed by atoms with van der Waals surface area (Å²) in [4.78, 5) is 16.3. The van der Waals surface area contributed by atoms with Crippen LogP contribution in [0.4, 0.5) is 0 Å². The number of rotatable bonds is 5. The maximum atomic E-state index is 11.9. The molecule has 1 aromatic rings. The van der Waals surface area contributed by atoms with Crippen molar-refractivity contribution < 1.29 is 4.79 Å². The van der Waals surface area contributed by atoms with Gasteiger partial charge in [0.05, 0.1) is 6.54 Å². The van der Waals surface area contributed by atoms with Gasteiger partial charge in [0.15, 0.2) is 0 Å². The minimum Gasteiger partial charge on any atom is -0.355 e. The van der Waals surface area contributed by atoms with Crippen molar-refractivity contribution in [1.29, 1.82) is 0 Å². The van der Waals surface area contributed by atoms with Gasteiger partial charge in [-0.15, -0.1) is 0 Å². The summed E-state index contributed by atoms with van der Waals surface area (Å²) in [5.41, 5.74) is 1.15. The van der Waals surface area contributed by atoms with Crippen molar-refractivity contribution in [2.75, 3.05) is 46.3 Å². The van der Waals surface area contributed by atoms with E-state index in [4.69, 9.17) is 11.6 Å². The third-order valence-corrected chi connectivity index (χ3v) is 3.82. The standard InChI is InChI=1S/C15H22ClN3O/c1-18-7-9-19(10-8-18)12-15(20)17-6-5-13-3-2-4-14(16)11-13/h2-4,11H,5-10,12H2,1H3,(H,17,20). The van der Waals surface area contributed by atoms with Crippen LogP contribution < -0.4 is 5.32 Å². The smallest absolute Gasteiger partial charge is 0.234 e. The molecule has 1 aromatic carbocycles. The molecule has 5 heteroatoms. The molecule has 0 spiro atoms. The molecule has 1 fully saturated rings. The number of halogens is 1. The van der Waals surface area contributed by atoms with Gasteiger partial charge >= 0.3 is 0 Å². The number of amides is 1. The molecule has 1 saturated heterocycles. The molecule has 1 amide bonds. The minimum absolute atomic E-state index is 0.108. The highest BCUT2D eigenvalue weighted by Crippen LogP contribution is 2.10. The Morgan fingerprint density at radius 2 is 2.05 bits per heavy atom. The van der Waals surface area contributed by atoms with Crippen LogP contribution in [-0.4, -0.2) is 62.0 Å². The van der Waals surface area contributed by atoms with Gasteiger partial charge in [0.1, 0.15) is 0 Å². The second kappa shape index (κ2) is 7.62. The number of piperazine rings is 1. The molecule has 0 radical (unpaired) electrons. The lowest BCUT2D eigenvalue weighted by molar-refractivity contribution is -0.122. The van der Waals surface area contributed by atoms with E-state index in [1.54, 1.807) is 0 Å². The molecule has 20 heavy (non-hydrogen) atoms. The average molecular weight is 296 g/mol. The Morgan fingerprint density at radius 3 is 2.75 bits per heavy atom. The lowest BCUT2D eigenvalue weighted by Gasteiger charge is -2.31. The van der Waals surface area contributed by atoms with Crippen LogP contribution >= 0.6 is 11.6 Å². The Hall–Kier alpha value is -1.10. The van der Waals surface area contributed by atoms with E-state index in [1.165, 1.54) is 0 Å². The SMILES string of the molecule is CN1CCN(CC(=O)NCCc2cccc(Cl)c2)CC1. The predicted octanol–water partition coefficient (Wildman–Crippen LogP) is 1.25. The summed E-state index contributed by atoms with van der Waals surface area (Å²) in [5, 5.41) is 3.71. The van der Waals surface area contributed by atoms with Crippen LogP contribution in [0.1, 0.15) is 5.56 Å². The number of hydrogen-bond donors (Lipinski definition) is 1. The zero-order valence-electron chi connectivity index (χ0n) is 11.9. The van der Waals surface area contributed by atoms with Crippen molar-refractivity contribution in [3.8, 4) is 0 Å². The maximum Gasteiger partial charge on any atom is 0.234 e. The first-order chi connectivity index (χ1) is 9.63. The molecule has 0 aromatic heterocycles. The van der Waals surface area contributed by atoms with Gasteiger partial charge in [0.25, 0.3) is 0 Å². The highest BCUT2D eigenvalue weighted by molar-refractivity contribution is 6.30. The molecule has 110 valence electrons. The molecule has 1 heterocycles. The van der Waals surface area contributed by atoms with Crippen LogP contribution in [0.25, 0.3) is 0 Å². The first-order valence-electron chi connectivity index (χ1n) is 7.05. The molecule has 1 aliphatic heterocycles.